The van der Waals surface area contributed by atoms with Gasteiger partial charge in [0, 0.05) is 19.2 Å². The minimum Gasteiger partial charge on any atom is -0.491 e. The summed E-state index contributed by atoms with van der Waals surface area (Å²) in [7, 11) is 0. The second-order valence-electron chi connectivity index (χ2n) is 6.53. The molecule has 0 heterocycles. The topological polar surface area (TPSA) is 58.6 Å². The quantitative estimate of drug-likeness (QED) is 0.828. The molecule has 26 heavy (non-hydrogen) atoms. The number of nitrogens with zero attached hydrogens (tertiary/aromatic N) is 1. The van der Waals surface area contributed by atoms with Crippen molar-refractivity contribution in [2.75, 3.05) is 11.4 Å². The number of hydrogen-bond acceptors (Lipinski definition) is 3. The molecule has 0 aromatic heterocycles. The highest BCUT2D eigenvalue weighted by Crippen LogP contribution is 2.20. The fourth-order valence-electron chi connectivity index (χ4n) is 2.58. The number of nitrogens with one attached hydrogen (secondary N) is 1. The Morgan fingerprint density at radius 3 is 2.38 bits per heavy atom. The third-order valence-electron chi connectivity index (χ3n) is 3.77. The van der Waals surface area contributed by atoms with Crippen LogP contribution < -0.4 is 15.0 Å². The molecule has 5 heteroatoms. The summed E-state index contributed by atoms with van der Waals surface area (Å²) in [5, 5.41) is 2.86. The minimum atomic E-state index is -0.204. The SMILES string of the molecule is CC(=O)N(CC(=O)NCc1cccc(C)c1)c1ccc(OC(C)C)cc1. The lowest BCUT2D eigenvalue weighted by Crippen LogP contribution is -2.39. The van der Waals surface area contributed by atoms with E-state index in [1.807, 2.05) is 45.0 Å². The molecule has 0 atom stereocenters. The van der Waals surface area contributed by atoms with Crippen molar-refractivity contribution in [3.05, 3.63) is 59.7 Å². The molecular formula is C21H26N2O3. The van der Waals surface area contributed by atoms with Crippen LogP contribution in [0.5, 0.6) is 5.75 Å². The molecule has 0 aliphatic carbocycles. The second-order valence-corrected chi connectivity index (χ2v) is 6.53. The first kappa shape index (κ1) is 19.5. The molecule has 2 amide bonds. The average molecular weight is 354 g/mol. The van der Waals surface area contributed by atoms with Crippen molar-refractivity contribution in [1.82, 2.24) is 5.32 Å². The van der Waals surface area contributed by atoms with Crippen molar-refractivity contribution in [1.29, 1.82) is 0 Å². The maximum absolute atomic E-state index is 12.3. The van der Waals surface area contributed by atoms with Crippen molar-refractivity contribution in [2.45, 2.75) is 40.3 Å². The van der Waals surface area contributed by atoms with E-state index in [4.69, 9.17) is 4.74 Å². The van der Waals surface area contributed by atoms with Gasteiger partial charge in [0.15, 0.2) is 0 Å². The summed E-state index contributed by atoms with van der Waals surface area (Å²) in [6.07, 6.45) is 0.0807. The molecule has 0 saturated heterocycles. The van der Waals surface area contributed by atoms with Gasteiger partial charge in [0.2, 0.25) is 11.8 Å². The third-order valence-corrected chi connectivity index (χ3v) is 3.77. The lowest BCUT2D eigenvalue weighted by Gasteiger charge is -2.21. The molecule has 1 N–H and O–H groups in total. The summed E-state index contributed by atoms with van der Waals surface area (Å²) in [5.74, 6) is 0.341. The number of aryl methyl sites for hydroxylation is 1. The summed E-state index contributed by atoms with van der Waals surface area (Å²) < 4.78 is 5.60. The monoisotopic (exact) mass is 354 g/mol. The summed E-state index contributed by atoms with van der Waals surface area (Å²) in [4.78, 5) is 25.7. The van der Waals surface area contributed by atoms with Gasteiger partial charge in [-0.25, -0.2) is 0 Å². The van der Waals surface area contributed by atoms with Gasteiger partial charge in [0.25, 0.3) is 0 Å². The van der Waals surface area contributed by atoms with Gasteiger partial charge < -0.3 is 15.0 Å². The Morgan fingerprint density at radius 1 is 1.12 bits per heavy atom. The first-order valence-corrected chi connectivity index (χ1v) is 8.72. The Balaban J connectivity index is 1.98. The fourth-order valence-corrected chi connectivity index (χ4v) is 2.58. The second kappa shape index (κ2) is 9.04. The van der Waals surface area contributed by atoms with E-state index in [0.29, 0.717) is 12.2 Å². The number of rotatable bonds is 7. The Bertz CT molecular complexity index is 754. The van der Waals surface area contributed by atoms with Gasteiger partial charge in [-0.2, -0.15) is 0 Å². The first-order chi connectivity index (χ1) is 12.3. The van der Waals surface area contributed by atoms with Crippen LogP contribution in [0.4, 0.5) is 5.69 Å². The summed E-state index contributed by atoms with van der Waals surface area (Å²) in [5.41, 5.74) is 2.84. The predicted molar refractivity (Wildman–Crippen MR) is 103 cm³/mol. The van der Waals surface area contributed by atoms with Gasteiger partial charge in [-0.3, -0.25) is 9.59 Å². The lowest BCUT2D eigenvalue weighted by atomic mass is 10.1. The summed E-state index contributed by atoms with van der Waals surface area (Å²) >= 11 is 0. The maximum atomic E-state index is 12.3. The van der Waals surface area contributed by atoms with Crippen molar-refractivity contribution < 1.29 is 14.3 Å². The van der Waals surface area contributed by atoms with Crippen molar-refractivity contribution in [2.24, 2.45) is 0 Å². The van der Waals surface area contributed by atoms with Crippen LogP contribution in [0.15, 0.2) is 48.5 Å². The predicted octanol–water partition coefficient (Wildman–Crippen LogP) is 3.45. The number of amides is 2. The number of ether oxygens (including phenoxy) is 1. The molecule has 0 aliphatic heterocycles. The van der Waals surface area contributed by atoms with E-state index >= 15 is 0 Å². The van der Waals surface area contributed by atoms with Gasteiger partial charge in [0.05, 0.1) is 6.10 Å². The van der Waals surface area contributed by atoms with Gasteiger partial charge in [-0.05, 0) is 50.6 Å². The number of hydrogen-bond donors (Lipinski definition) is 1. The number of carbonyl (C=O) groups excluding carboxylic acids is 2. The lowest BCUT2D eigenvalue weighted by molar-refractivity contribution is -0.123. The van der Waals surface area contributed by atoms with E-state index in [2.05, 4.69) is 5.32 Å². The van der Waals surface area contributed by atoms with Crippen LogP contribution in [0.2, 0.25) is 0 Å². The highest BCUT2D eigenvalue weighted by molar-refractivity contribution is 5.97. The van der Waals surface area contributed by atoms with E-state index in [0.717, 1.165) is 16.9 Å². The highest BCUT2D eigenvalue weighted by atomic mass is 16.5. The van der Waals surface area contributed by atoms with E-state index < -0.39 is 0 Å². The van der Waals surface area contributed by atoms with Gasteiger partial charge >= 0.3 is 0 Å². The highest BCUT2D eigenvalue weighted by Gasteiger charge is 2.16. The molecule has 0 radical (unpaired) electrons. The number of anilines is 1. The van der Waals surface area contributed by atoms with E-state index in [-0.39, 0.29) is 24.5 Å². The van der Waals surface area contributed by atoms with E-state index in [1.165, 1.54) is 11.8 Å². The van der Waals surface area contributed by atoms with Crippen LogP contribution in [-0.4, -0.2) is 24.5 Å². The molecule has 0 aliphatic rings. The molecule has 0 bridgehead atoms. The molecule has 2 rings (SSSR count). The molecule has 2 aromatic rings. The van der Waals surface area contributed by atoms with Crippen LogP contribution in [0.3, 0.4) is 0 Å². The van der Waals surface area contributed by atoms with Crippen molar-refractivity contribution in [3.8, 4) is 5.75 Å². The molecule has 5 nitrogen and oxygen atoms in total. The zero-order valence-electron chi connectivity index (χ0n) is 15.8. The van der Waals surface area contributed by atoms with Gasteiger partial charge in [-0.15, -0.1) is 0 Å². The Hall–Kier alpha value is -2.82. The van der Waals surface area contributed by atoms with E-state index in [1.54, 1.807) is 24.3 Å². The first-order valence-electron chi connectivity index (χ1n) is 8.72. The van der Waals surface area contributed by atoms with Crippen LogP contribution in [0.25, 0.3) is 0 Å². The Morgan fingerprint density at radius 2 is 1.81 bits per heavy atom. The van der Waals surface area contributed by atoms with Crippen LogP contribution in [0, 0.1) is 6.92 Å². The summed E-state index contributed by atoms with van der Waals surface area (Å²) in [6.45, 7) is 7.78. The van der Waals surface area contributed by atoms with Gasteiger partial charge in [0.1, 0.15) is 12.3 Å². The average Bonchev–Trinajstić information content (AvgIpc) is 2.58. The van der Waals surface area contributed by atoms with Gasteiger partial charge in [-0.1, -0.05) is 29.8 Å². The zero-order chi connectivity index (χ0) is 19.1. The normalized spacial score (nSPS) is 10.5. The Labute approximate surface area is 155 Å². The largest absolute Gasteiger partial charge is 0.491 e. The number of benzene rings is 2. The minimum absolute atomic E-state index is 0.0223. The molecule has 0 fully saturated rings. The smallest absolute Gasteiger partial charge is 0.240 e. The van der Waals surface area contributed by atoms with Crippen molar-refractivity contribution >= 4 is 17.5 Å². The van der Waals surface area contributed by atoms with Crippen LogP contribution >= 0.6 is 0 Å². The fraction of sp³-hybridized carbons (Fsp3) is 0.333. The molecule has 0 spiro atoms. The van der Waals surface area contributed by atoms with Crippen LogP contribution in [-0.2, 0) is 16.1 Å². The zero-order valence-corrected chi connectivity index (χ0v) is 15.8. The van der Waals surface area contributed by atoms with E-state index in [9.17, 15) is 9.59 Å². The standard InChI is InChI=1S/C21H26N2O3/c1-15(2)26-20-10-8-19(9-11-20)23(17(4)24)14-21(25)22-13-18-7-5-6-16(3)12-18/h5-12,15H,13-14H2,1-4H3,(H,22,25). The summed E-state index contributed by atoms with van der Waals surface area (Å²) in [6, 6.07) is 15.1. The molecule has 138 valence electrons. The Kier molecular flexibility index (Phi) is 6.78. The molecule has 2 aromatic carbocycles. The third kappa shape index (κ3) is 5.92. The molecule has 0 unspecified atom stereocenters. The molecular weight excluding hydrogens is 328 g/mol. The number of carbonyl (C=O) groups is 2. The van der Waals surface area contributed by atoms with Crippen molar-refractivity contribution in [3.63, 3.8) is 0 Å². The molecule has 0 saturated carbocycles. The van der Waals surface area contributed by atoms with Crippen LogP contribution in [0.1, 0.15) is 31.9 Å². The maximum Gasteiger partial charge on any atom is 0.240 e.